The Bertz CT molecular complexity index is 378. The summed E-state index contributed by atoms with van der Waals surface area (Å²) in [5.41, 5.74) is 0. The lowest BCUT2D eigenvalue weighted by molar-refractivity contribution is -0.200. The average Bonchev–Trinajstić information content (AvgIpc) is 2.84. The molecule has 0 unspecified atom stereocenters. The van der Waals surface area contributed by atoms with Crippen LogP contribution in [0.2, 0.25) is 0 Å². The lowest BCUT2D eigenvalue weighted by Gasteiger charge is -2.23. The minimum atomic E-state index is -2.03. The number of Topliss-reactive ketones (excluding diaryl/α,β-unsaturated/α-hetero) is 1. The van der Waals surface area contributed by atoms with Crippen molar-refractivity contribution in [2.24, 2.45) is 0 Å². The molecule has 23 heavy (non-hydrogen) atoms. The molecule has 1 rings (SSSR count). The van der Waals surface area contributed by atoms with Gasteiger partial charge in [-0.2, -0.15) is 0 Å². The van der Waals surface area contributed by atoms with Crippen LogP contribution in [0.5, 0.6) is 0 Å². The molecule has 0 amide bonds. The van der Waals surface area contributed by atoms with E-state index in [1.165, 1.54) is 0 Å². The standard InChI is InChI=1S/C12H22O11/c13-1-4(15)7(18)8(19)6(17)3-22-12-10(21)9(20)11(23-12)5(16)2-14/h5-14,16-21H,1-3H2/t5-,6-,7-,8-,9-,10-,11-,12+/m1/s1. The van der Waals surface area contributed by atoms with Gasteiger partial charge in [-0.1, -0.05) is 0 Å². The highest BCUT2D eigenvalue weighted by atomic mass is 16.7. The molecule has 0 aromatic rings. The third-order valence-electron chi connectivity index (χ3n) is 3.46. The maximum absolute atomic E-state index is 11.0. The first-order valence-electron chi connectivity index (χ1n) is 6.84. The van der Waals surface area contributed by atoms with E-state index in [1.54, 1.807) is 0 Å². The Kier molecular flexibility index (Phi) is 7.89. The van der Waals surface area contributed by atoms with Crippen molar-refractivity contribution in [2.45, 2.75) is 49.0 Å². The first kappa shape index (κ1) is 20.3. The molecule has 1 saturated heterocycles. The quantitative estimate of drug-likeness (QED) is 0.199. The van der Waals surface area contributed by atoms with Crippen molar-refractivity contribution in [1.82, 2.24) is 0 Å². The second-order valence-electron chi connectivity index (χ2n) is 5.16. The normalized spacial score (nSPS) is 33.2. The van der Waals surface area contributed by atoms with Crippen LogP contribution < -0.4 is 0 Å². The van der Waals surface area contributed by atoms with Crippen LogP contribution in [0.1, 0.15) is 0 Å². The minimum absolute atomic E-state index is 0.687. The number of ether oxygens (including phenoxy) is 2. The third kappa shape index (κ3) is 4.87. The van der Waals surface area contributed by atoms with E-state index in [1.807, 2.05) is 0 Å². The summed E-state index contributed by atoms with van der Waals surface area (Å²) >= 11 is 0. The van der Waals surface area contributed by atoms with E-state index in [4.69, 9.17) is 19.7 Å². The molecular formula is C12H22O11. The van der Waals surface area contributed by atoms with Crippen LogP contribution in [0, 0.1) is 0 Å². The van der Waals surface area contributed by atoms with Crippen LogP contribution in [0.3, 0.4) is 0 Å². The van der Waals surface area contributed by atoms with Crippen molar-refractivity contribution < 1.29 is 55.1 Å². The molecule has 136 valence electrons. The zero-order valence-electron chi connectivity index (χ0n) is 12.0. The molecule has 11 nitrogen and oxygen atoms in total. The Morgan fingerprint density at radius 3 is 2.22 bits per heavy atom. The summed E-state index contributed by atoms with van der Waals surface area (Å²) in [7, 11) is 0. The highest BCUT2D eigenvalue weighted by Crippen LogP contribution is 2.24. The van der Waals surface area contributed by atoms with Gasteiger partial charge in [-0.25, -0.2) is 0 Å². The number of carbonyl (C=O) groups is 1. The van der Waals surface area contributed by atoms with Crippen molar-refractivity contribution in [3.05, 3.63) is 0 Å². The number of hydrogen-bond acceptors (Lipinski definition) is 11. The molecule has 0 saturated carbocycles. The van der Waals surface area contributed by atoms with E-state index >= 15 is 0 Å². The van der Waals surface area contributed by atoms with E-state index in [0.29, 0.717) is 0 Å². The van der Waals surface area contributed by atoms with Crippen LogP contribution in [0.15, 0.2) is 0 Å². The number of aliphatic hydroxyl groups excluding tert-OH is 8. The summed E-state index contributed by atoms with van der Waals surface area (Å²) in [5.74, 6) is -1.10. The van der Waals surface area contributed by atoms with E-state index < -0.39 is 74.6 Å². The summed E-state index contributed by atoms with van der Waals surface area (Å²) < 4.78 is 9.94. The van der Waals surface area contributed by atoms with Gasteiger partial charge < -0.3 is 50.3 Å². The average molecular weight is 342 g/mol. The molecule has 11 heteroatoms. The van der Waals surface area contributed by atoms with Crippen molar-refractivity contribution >= 4 is 5.78 Å². The van der Waals surface area contributed by atoms with Crippen LogP contribution >= 0.6 is 0 Å². The largest absolute Gasteiger partial charge is 0.394 e. The van der Waals surface area contributed by atoms with Crippen LogP contribution in [-0.4, -0.2) is 115 Å². The maximum atomic E-state index is 11.0. The lowest BCUT2D eigenvalue weighted by Crippen LogP contribution is -2.46. The molecule has 0 aromatic carbocycles. The first-order valence-corrected chi connectivity index (χ1v) is 6.84. The van der Waals surface area contributed by atoms with Crippen molar-refractivity contribution in [3.63, 3.8) is 0 Å². The number of ketones is 1. The second-order valence-corrected chi connectivity index (χ2v) is 5.16. The molecule has 1 heterocycles. The molecule has 1 aliphatic rings. The summed E-state index contributed by atoms with van der Waals surface area (Å²) in [6.45, 7) is -2.44. The molecule has 8 N–H and O–H groups in total. The van der Waals surface area contributed by atoms with Crippen LogP contribution in [0.25, 0.3) is 0 Å². The Hall–Kier alpha value is -0.730. The molecule has 0 spiro atoms. The number of hydrogen-bond donors (Lipinski definition) is 8. The van der Waals surface area contributed by atoms with Gasteiger partial charge in [-0.3, -0.25) is 4.79 Å². The predicted octanol–water partition coefficient (Wildman–Crippen LogP) is -5.55. The highest BCUT2D eigenvalue weighted by molar-refractivity contribution is 5.84. The van der Waals surface area contributed by atoms with Crippen molar-refractivity contribution in [1.29, 1.82) is 0 Å². The molecule has 8 atom stereocenters. The van der Waals surface area contributed by atoms with Gasteiger partial charge in [0.05, 0.1) is 13.2 Å². The van der Waals surface area contributed by atoms with E-state index in [2.05, 4.69) is 0 Å². The van der Waals surface area contributed by atoms with Gasteiger partial charge >= 0.3 is 0 Å². The monoisotopic (exact) mass is 342 g/mol. The first-order chi connectivity index (χ1) is 10.7. The molecule has 0 bridgehead atoms. The zero-order chi connectivity index (χ0) is 17.7. The highest BCUT2D eigenvalue weighted by Gasteiger charge is 2.46. The fraction of sp³-hybridized carbons (Fsp3) is 0.917. The van der Waals surface area contributed by atoms with Crippen LogP contribution in [0.4, 0.5) is 0 Å². The third-order valence-corrected chi connectivity index (χ3v) is 3.46. The Morgan fingerprint density at radius 1 is 1.09 bits per heavy atom. The summed E-state index contributed by atoms with van der Waals surface area (Å²) in [6, 6.07) is 0. The fourth-order valence-electron chi connectivity index (χ4n) is 2.02. The smallest absolute Gasteiger partial charge is 0.189 e. The summed E-state index contributed by atoms with van der Waals surface area (Å²) in [6.07, 6.45) is -13.1. The van der Waals surface area contributed by atoms with Crippen molar-refractivity contribution in [2.75, 3.05) is 19.8 Å². The van der Waals surface area contributed by atoms with E-state index in [-0.39, 0.29) is 0 Å². The van der Waals surface area contributed by atoms with Gasteiger partial charge in [0.2, 0.25) is 0 Å². The predicted molar refractivity (Wildman–Crippen MR) is 69.8 cm³/mol. The SMILES string of the molecule is O=C(CO)[C@@H](O)[C@H](O)[C@H](O)CO[C@H]1O[C@H]([C@H](O)CO)[C@H](O)[C@H]1O. The summed E-state index contributed by atoms with van der Waals surface area (Å²) in [4.78, 5) is 11.0. The Labute approximate surface area is 130 Å². The molecule has 1 aliphatic heterocycles. The Morgan fingerprint density at radius 2 is 1.70 bits per heavy atom. The van der Waals surface area contributed by atoms with Crippen LogP contribution in [-0.2, 0) is 14.3 Å². The molecule has 0 aromatic heterocycles. The fourth-order valence-corrected chi connectivity index (χ4v) is 2.02. The van der Waals surface area contributed by atoms with Gasteiger partial charge in [0, 0.05) is 0 Å². The Balaban J connectivity index is 2.53. The summed E-state index contributed by atoms with van der Waals surface area (Å²) in [5, 5.41) is 74.5. The topological polar surface area (TPSA) is 197 Å². The van der Waals surface area contributed by atoms with E-state index in [9.17, 15) is 35.4 Å². The number of aliphatic hydroxyl groups is 8. The number of rotatable bonds is 9. The van der Waals surface area contributed by atoms with Gasteiger partial charge in [0.1, 0.15) is 49.3 Å². The molecule has 0 radical (unpaired) electrons. The second kappa shape index (κ2) is 8.94. The minimum Gasteiger partial charge on any atom is -0.394 e. The van der Waals surface area contributed by atoms with Gasteiger partial charge in [0.25, 0.3) is 0 Å². The molecule has 1 fully saturated rings. The van der Waals surface area contributed by atoms with Gasteiger partial charge in [0.15, 0.2) is 12.1 Å². The van der Waals surface area contributed by atoms with Gasteiger partial charge in [-0.15, -0.1) is 0 Å². The zero-order valence-corrected chi connectivity index (χ0v) is 12.0. The molecule has 0 aliphatic carbocycles. The van der Waals surface area contributed by atoms with Crippen molar-refractivity contribution in [3.8, 4) is 0 Å². The molecular weight excluding hydrogens is 320 g/mol. The van der Waals surface area contributed by atoms with Gasteiger partial charge in [-0.05, 0) is 0 Å². The lowest BCUT2D eigenvalue weighted by atomic mass is 10.1. The number of carbonyl (C=O) groups excluding carboxylic acids is 1. The maximum Gasteiger partial charge on any atom is 0.189 e. The van der Waals surface area contributed by atoms with E-state index in [0.717, 1.165) is 0 Å².